The van der Waals surface area contributed by atoms with Crippen LogP contribution >= 0.6 is 11.6 Å². The van der Waals surface area contributed by atoms with Crippen LogP contribution in [0.25, 0.3) is 0 Å². The summed E-state index contributed by atoms with van der Waals surface area (Å²) in [6.45, 7) is -0.887. The molecule has 3 rings (SSSR count). The fraction of sp³-hybridized carbons (Fsp3) is 0.0952. The molecule has 1 amide bonds. The number of para-hydroxylation sites is 1. The fourth-order valence-electron chi connectivity index (χ4n) is 2.82. The SMILES string of the molecule is O=C(CN(c1ccccc1F)S(=O)(=O)c1ccccc1)Nc1ccc(Cl)c(C(F)(F)F)c1. The van der Waals surface area contributed by atoms with Gasteiger partial charge < -0.3 is 5.32 Å². The molecule has 3 aromatic rings. The molecule has 0 saturated heterocycles. The molecule has 0 atom stereocenters. The van der Waals surface area contributed by atoms with E-state index in [1.54, 1.807) is 6.07 Å². The summed E-state index contributed by atoms with van der Waals surface area (Å²) in [5, 5.41) is 1.64. The van der Waals surface area contributed by atoms with E-state index in [9.17, 15) is 30.8 Å². The van der Waals surface area contributed by atoms with Crippen LogP contribution in [0.5, 0.6) is 0 Å². The molecule has 0 aliphatic heterocycles. The van der Waals surface area contributed by atoms with Crippen LogP contribution in [0, 0.1) is 5.82 Å². The van der Waals surface area contributed by atoms with Crippen LogP contribution in [-0.2, 0) is 21.0 Å². The van der Waals surface area contributed by atoms with Crippen LogP contribution in [0.2, 0.25) is 5.02 Å². The van der Waals surface area contributed by atoms with Crippen LogP contribution in [0.15, 0.2) is 77.7 Å². The summed E-state index contributed by atoms with van der Waals surface area (Å²) >= 11 is 5.56. The number of halogens is 5. The van der Waals surface area contributed by atoms with Crippen molar-refractivity contribution >= 4 is 38.9 Å². The third-order valence-corrected chi connectivity index (χ3v) is 6.40. The Morgan fingerprint density at radius 2 is 1.59 bits per heavy atom. The minimum Gasteiger partial charge on any atom is -0.324 e. The molecule has 0 radical (unpaired) electrons. The molecule has 5 nitrogen and oxygen atoms in total. The van der Waals surface area contributed by atoms with Gasteiger partial charge in [0.25, 0.3) is 10.0 Å². The number of hydrogen-bond donors (Lipinski definition) is 1. The Kier molecular flexibility index (Phi) is 6.75. The maximum absolute atomic E-state index is 14.4. The zero-order chi connectivity index (χ0) is 23.5. The highest BCUT2D eigenvalue weighted by Crippen LogP contribution is 2.36. The summed E-state index contributed by atoms with van der Waals surface area (Å²) in [5.74, 6) is -1.88. The van der Waals surface area contributed by atoms with Crippen molar-refractivity contribution < 1.29 is 30.8 Å². The summed E-state index contributed by atoms with van der Waals surface area (Å²) in [4.78, 5) is 12.4. The first kappa shape index (κ1) is 23.6. The van der Waals surface area contributed by atoms with Gasteiger partial charge in [0.15, 0.2) is 0 Å². The number of nitrogens with zero attached hydrogens (tertiary/aromatic N) is 1. The predicted molar refractivity (Wildman–Crippen MR) is 112 cm³/mol. The quantitative estimate of drug-likeness (QED) is 0.479. The van der Waals surface area contributed by atoms with Crippen LogP contribution in [0.1, 0.15) is 5.56 Å². The van der Waals surface area contributed by atoms with Crippen LogP contribution in [0.3, 0.4) is 0 Å². The number of benzene rings is 3. The van der Waals surface area contributed by atoms with Gasteiger partial charge in [0, 0.05) is 5.69 Å². The highest BCUT2D eigenvalue weighted by Gasteiger charge is 2.34. The number of carbonyl (C=O) groups excluding carboxylic acids is 1. The van der Waals surface area contributed by atoms with E-state index in [4.69, 9.17) is 11.6 Å². The molecular weight excluding hydrogens is 472 g/mol. The van der Waals surface area contributed by atoms with Gasteiger partial charge in [0.1, 0.15) is 12.4 Å². The van der Waals surface area contributed by atoms with Gasteiger partial charge in [0.05, 0.1) is 21.2 Å². The summed E-state index contributed by atoms with van der Waals surface area (Å²) in [7, 11) is -4.37. The van der Waals surface area contributed by atoms with Crippen molar-refractivity contribution in [1.29, 1.82) is 0 Å². The second-order valence-electron chi connectivity index (χ2n) is 6.52. The molecule has 0 heterocycles. The molecule has 0 unspecified atom stereocenters. The Morgan fingerprint density at radius 3 is 2.22 bits per heavy atom. The number of nitrogens with one attached hydrogen (secondary N) is 1. The lowest BCUT2D eigenvalue weighted by Gasteiger charge is -2.24. The van der Waals surface area contributed by atoms with E-state index in [0.29, 0.717) is 10.4 Å². The van der Waals surface area contributed by atoms with Crippen molar-refractivity contribution in [2.75, 3.05) is 16.2 Å². The Balaban J connectivity index is 1.94. The van der Waals surface area contributed by atoms with E-state index in [2.05, 4.69) is 5.32 Å². The number of carbonyl (C=O) groups is 1. The number of rotatable bonds is 6. The van der Waals surface area contributed by atoms with Gasteiger partial charge in [-0.15, -0.1) is 0 Å². The minimum atomic E-state index is -4.76. The van der Waals surface area contributed by atoms with Gasteiger partial charge in [-0.25, -0.2) is 12.8 Å². The lowest BCUT2D eigenvalue weighted by molar-refractivity contribution is -0.137. The molecule has 0 bridgehead atoms. The monoisotopic (exact) mass is 486 g/mol. The molecule has 3 aromatic carbocycles. The largest absolute Gasteiger partial charge is 0.417 e. The Morgan fingerprint density at radius 1 is 0.969 bits per heavy atom. The topological polar surface area (TPSA) is 66.5 Å². The molecule has 0 aliphatic carbocycles. The first-order chi connectivity index (χ1) is 15.0. The number of sulfonamides is 1. The van der Waals surface area contributed by atoms with Crippen LogP contribution in [0.4, 0.5) is 28.9 Å². The average molecular weight is 487 g/mol. The van der Waals surface area contributed by atoms with Gasteiger partial charge in [-0.1, -0.05) is 41.9 Å². The zero-order valence-electron chi connectivity index (χ0n) is 16.1. The van der Waals surface area contributed by atoms with Crippen molar-refractivity contribution in [2.45, 2.75) is 11.1 Å². The summed E-state index contributed by atoms with van der Waals surface area (Å²) in [6.07, 6.45) is -4.76. The highest BCUT2D eigenvalue weighted by atomic mass is 35.5. The third kappa shape index (κ3) is 5.20. The average Bonchev–Trinajstić information content (AvgIpc) is 2.74. The van der Waals surface area contributed by atoms with E-state index in [1.165, 1.54) is 42.5 Å². The lowest BCUT2D eigenvalue weighted by Crippen LogP contribution is -2.38. The minimum absolute atomic E-state index is 0.193. The van der Waals surface area contributed by atoms with Crippen molar-refractivity contribution in [1.82, 2.24) is 0 Å². The zero-order valence-corrected chi connectivity index (χ0v) is 17.7. The van der Waals surface area contributed by atoms with E-state index in [-0.39, 0.29) is 10.6 Å². The Hall–Kier alpha value is -3.11. The van der Waals surface area contributed by atoms with E-state index < -0.39 is 50.7 Å². The molecule has 11 heteroatoms. The molecule has 168 valence electrons. The molecular formula is C21H15ClF4N2O3S. The van der Waals surface area contributed by atoms with Crippen LogP contribution in [-0.4, -0.2) is 20.9 Å². The van der Waals surface area contributed by atoms with Gasteiger partial charge >= 0.3 is 6.18 Å². The van der Waals surface area contributed by atoms with Crippen molar-refractivity contribution in [2.24, 2.45) is 0 Å². The van der Waals surface area contributed by atoms with E-state index >= 15 is 0 Å². The summed E-state index contributed by atoms with van der Waals surface area (Å²) in [6, 6.07) is 14.7. The summed E-state index contributed by atoms with van der Waals surface area (Å²) in [5.41, 5.74) is -1.81. The predicted octanol–water partition coefficient (Wildman–Crippen LogP) is 5.33. The van der Waals surface area contributed by atoms with Gasteiger partial charge in [-0.3, -0.25) is 9.10 Å². The molecule has 0 spiro atoms. The number of alkyl halides is 3. The smallest absolute Gasteiger partial charge is 0.324 e. The first-order valence-electron chi connectivity index (χ1n) is 8.99. The molecule has 0 saturated carbocycles. The second-order valence-corrected chi connectivity index (χ2v) is 8.79. The summed E-state index contributed by atoms with van der Waals surface area (Å²) < 4.78 is 80.4. The van der Waals surface area contributed by atoms with E-state index in [0.717, 1.165) is 18.2 Å². The lowest BCUT2D eigenvalue weighted by atomic mass is 10.2. The van der Waals surface area contributed by atoms with Gasteiger partial charge in [-0.2, -0.15) is 13.2 Å². The molecule has 32 heavy (non-hydrogen) atoms. The van der Waals surface area contributed by atoms with Crippen molar-refractivity contribution in [3.05, 3.63) is 89.2 Å². The molecule has 1 N–H and O–H groups in total. The normalized spacial score (nSPS) is 11.8. The molecule has 0 aliphatic rings. The Bertz CT molecular complexity index is 1240. The number of anilines is 2. The molecule has 0 aromatic heterocycles. The van der Waals surface area contributed by atoms with Gasteiger partial charge in [0.2, 0.25) is 5.91 Å². The number of hydrogen-bond acceptors (Lipinski definition) is 3. The van der Waals surface area contributed by atoms with Crippen LogP contribution < -0.4 is 9.62 Å². The molecule has 0 fully saturated rings. The number of amides is 1. The van der Waals surface area contributed by atoms with Gasteiger partial charge in [-0.05, 0) is 42.5 Å². The van der Waals surface area contributed by atoms with Crippen molar-refractivity contribution in [3.63, 3.8) is 0 Å². The second kappa shape index (κ2) is 9.17. The highest BCUT2D eigenvalue weighted by molar-refractivity contribution is 7.92. The van der Waals surface area contributed by atoms with Crippen molar-refractivity contribution in [3.8, 4) is 0 Å². The fourth-order valence-corrected chi connectivity index (χ4v) is 4.50. The third-order valence-electron chi connectivity index (χ3n) is 4.30. The van der Waals surface area contributed by atoms with E-state index in [1.807, 2.05) is 0 Å². The maximum Gasteiger partial charge on any atom is 0.417 e. The maximum atomic E-state index is 14.4. The standard InChI is InChI=1S/C21H15ClF4N2O3S/c22-17-11-10-14(12-16(17)21(24,25)26)27-20(29)13-28(19-9-5-4-8-18(19)23)32(30,31)15-6-2-1-3-7-15/h1-12H,13H2,(H,27,29). The Labute approximate surface area is 186 Å². The first-order valence-corrected chi connectivity index (χ1v) is 10.8.